The van der Waals surface area contributed by atoms with E-state index in [0.29, 0.717) is 15.9 Å². The predicted octanol–water partition coefficient (Wildman–Crippen LogP) is 3.78. The van der Waals surface area contributed by atoms with Crippen molar-refractivity contribution in [1.29, 1.82) is 0 Å². The van der Waals surface area contributed by atoms with Gasteiger partial charge in [-0.3, -0.25) is 0 Å². The van der Waals surface area contributed by atoms with E-state index in [1.54, 1.807) is 6.07 Å². The van der Waals surface area contributed by atoms with E-state index >= 15 is 0 Å². The highest BCUT2D eigenvalue weighted by atomic mass is 35.5. The van der Waals surface area contributed by atoms with Crippen molar-refractivity contribution >= 4 is 29.2 Å². The van der Waals surface area contributed by atoms with E-state index < -0.39 is 0 Å². The van der Waals surface area contributed by atoms with E-state index in [2.05, 4.69) is 15.0 Å². The van der Waals surface area contributed by atoms with E-state index in [9.17, 15) is 0 Å². The van der Waals surface area contributed by atoms with Crippen LogP contribution in [0.15, 0.2) is 18.2 Å². The zero-order chi connectivity index (χ0) is 14.1. The molecule has 1 aromatic heterocycles. The van der Waals surface area contributed by atoms with Crippen molar-refractivity contribution in [2.75, 3.05) is 18.0 Å². The molecular weight excluding hydrogens is 295 g/mol. The third kappa shape index (κ3) is 2.50. The average molecular weight is 311 g/mol. The Kier molecular flexibility index (Phi) is 3.85. The fourth-order valence-electron chi connectivity index (χ4n) is 2.54. The predicted molar refractivity (Wildman–Crippen MR) is 82.5 cm³/mol. The molecule has 0 unspecified atom stereocenters. The van der Waals surface area contributed by atoms with Crippen molar-refractivity contribution in [2.24, 2.45) is 7.05 Å². The summed E-state index contributed by atoms with van der Waals surface area (Å²) in [5.41, 5.74) is 0.776. The third-order valence-corrected chi connectivity index (χ3v) is 4.39. The van der Waals surface area contributed by atoms with E-state index in [-0.39, 0.29) is 0 Å². The van der Waals surface area contributed by atoms with Crippen LogP contribution in [0.25, 0.3) is 11.4 Å². The largest absolute Gasteiger partial charge is 0.341 e. The summed E-state index contributed by atoms with van der Waals surface area (Å²) in [6.07, 6.45) is 3.71. The van der Waals surface area contributed by atoms with Gasteiger partial charge in [-0.15, -0.1) is 5.10 Å². The normalized spacial score (nSPS) is 15.7. The van der Waals surface area contributed by atoms with Gasteiger partial charge in [0.2, 0.25) is 5.95 Å². The van der Waals surface area contributed by atoms with Gasteiger partial charge in [-0.05, 0) is 31.4 Å². The second kappa shape index (κ2) is 5.62. The van der Waals surface area contributed by atoms with Gasteiger partial charge in [0.15, 0.2) is 5.82 Å². The summed E-state index contributed by atoms with van der Waals surface area (Å²) < 4.78 is 1.82. The van der Waals surface area contributed by atoms with Gasteiger partial charge in [0.25, 0.3) is 0 Å². The second-order valence-corrected chi connectivity index (χ2v) is 5.79. The Balaban J connectivity index is 1.97. The van der Waals surface area contributed by atoms with Crippen LogP contribution in [0.5, 0.6) is 0 Å². The number of halogens is 2. The molecule has 0 saturated carbocycles. The SMILES string of the molecule is Cn1nc(-c2cccc(Cl)c2Cl)nc1N1CCCCC1. The maximum atomic E-state index is 6.24. The van der Waals surface area contributed by atoms with Crippen LogP contribution in [0.1, 0.15) is 19.3 Å². The Morgan fingerprint density at radius 2 is 1.85 bits per heavy atom. The minimum atomic E-state index is 0.505. The summed E-state index contributed by atoms with van der Waals surface area (Å²) >= 11 is 12.3. The summed E-state index contributed by atoms with van der Waals surface area (Å²) in [5, 5.41) is 5.51. The van der Waals surface area contributed by atoms with Crippen molar-refractivity contribution < 1.29 is 0 Å². The van der Waals surface area contributed by atoms with Crippen LogP contribution in [0.3, 0.4) is 0 Å². The number of anilines is 1. The molecule has 2 heterocycles. The number of piperidine rings is 1. The monoisotopic (exact) mass is 310 g/mol. The van der Waals surface area contributed by atoms with Crippen LogP contribution in [-0.2, 0) is 7.05 Å². The smallest absolute Gasteiger partial charge is 0.224 e. The van der Waals surface area contributed by atoms with Gasteiger partial charge < -0.3 is 4.90 Å². The van der Waals surface area contributed by atoms with Crippen LogP contribution in [0.4, 0.5) is 5.95 Å². The zero-order valence-corrected chi connectivity index (χ0v) is 12.8. The number of aromatic nitrogens is 3. The summed E-state index contributed by atoms with van der Waals surface area (Å²) in [5.74, 6) is 1.52. The zero-order valence-electron chi connectivity index (χ0n) is 11.3. The molecule has 2 aromatic rings. The molecule has 1 saturated heterocycles. The molecule has 0 spiro atoms. The Labute approximate surface area is 128 Å². The van der Waals surface area contributed by atoms with Crippen LogP contribution < -0.4 is 4.90 Å². The van der Waals surface area contributed by atoms with E-state index in [1.165, 1.54) is 19.3 Å². The number of benzene rings is 1. The van der Waals surface area contributed by atoms with Crippen molar-refractivity contribution in [1.82, 2.24) is 14.8 Å². The maximum absolute atomic E-state index is 6.24. The van der Waals surface area contributed by atoms with Crippen LogP contribution in [0, 0.1) is 0 Å². The first kappa shape index (κ1) is 13.7. The number of aryl methyl sites for hydroxylation is 1. The van der Waals surface area contributed by atoms with E-state index in [4.69, 9.17) is 23.2 Å². The van der Waals surface area contributed by atoms with Gasteiger partial charge in [0.1, 0.15) is 0 Å². The van der Waals surface area contributed by atoms with Gasteiger partial charge in [-0.1, -0.05) is 29.3 Å². The molecule has 0 amide bonds. The molecule has 0 radical (unpaired) electrons. The van der Waals surface area contributed by atoms with Crippen molar-refractivity contribution in [2.45, 2.75) is 19.3 Å². The Hall–Kier alpha value is -1.26. The van der Waals surface area contributed by atoms with Gasteiger partial charge in [-0.25, -0.2) is 4.68 Å². The minimum Gasteiger partial charge on any atom is -0.341 e. The molecule has 6 heteroatoms. The molecular formula is C14H16Cl2N4. The molecule has 0 N–H and O–H groups in total. The first-order valence-electron chi connectivity index (χ1n) is 6.77. The lowest BCUT2D eigenvalue weighted by atomic mass is 10.1. The van der Waals surface area contributed by atoms with Crippen molar-refractivity contribution in [3.05, 3.63) is 28.2 Å². The summed E-state index contributed by atoms with van der Waals surface area (Å²) in [7, 11) is 1.92. The van der Waals surface area contributed by atoms with Crippen molar-refractivity contribution in [3.63, 3.8) is 0 Å². The second-order valence-electron chi connectivity index (χ2n) is 5.01. The summed E-state index contributed by atoms with van der Waals surface area (Å²) in [6, 6.07) is 5.52. The van der Waals surface area contributed by atoms with Crippen LogP contribution >= 0.6 is 23.2 Å². The molecule has 1 aromatic carbocycles. The van der Waals surface area contributed by atoms with Gasteiger partial charge >= 0.3 is 0 Å². The van der Waals surface area contributed by atoms with E-state index in [1.807, 2.05) is 23.9 Å². The molecule has 0 aliphatic carbocycles. The topological polar surface area (TPSA) is 34.0 Å². The highest BCUT2D eigenvalue weighted by Gasteiger charge is 2.19. The number of nitrogens with zero attached hydrogens (tertiary/aromatic N) is 4. The first-order chi connectivity index (χ1) is 9.66. The van der Waals surface area contributed by atoms with Gasteiger partial charge in [-0.2, -0.15) is 4.98 Å². The lowest BCUT2D eigenvalue weighted by molar-refractivity contribution is 0.557. The third-order valence-electron chi connectivity index (χ3n) is 3.57. The molecule has 1 aliphatic rings. The highest BCUT2D eigenvalue weighted by Crippen LogP contribution is 2.32. The summed E-state index contributed by atoms with van der Waals surface area (Å²) in [6.45, 7) is 2.07. The number of hydrogen-bond acceptors (Lipinski definition) is 3. The van der Waals surface area contributed by atoms with E-state index in [0.717, 1.165) is 24.6 Å². The minimum absolute atomic E-state index is 0.505. The Bertz CT molecular complexity index is 618. The Morgan fingerprint density at radius 1 is 1.10 bits per heavy atom. The maximum Gasteiger partial charge on any atom is 0.224 e. The molecule has 3 rings (SSSR count). The van der Waals surface area contributed by atoms with Crippen molar-refractivity contribution in [3.8, 4) is 11.4 Å². The molecule has 4 nitrogen and oxygen atoms in total. The fraction of sp³-hybridized carbons (Fsp3) is 0.429. The lowest BCUT2D eigenvalue weighted by Gasteiger charge is -2.26. The Morgan fingerprint density at radius 3 is 2.60 bits per heavy atom. The number of rotatable bonds is 2. The first-order valence-corrected chi connectivity index (χ1v) is 7.53. The van der Waals surface area contributed by atoms with Gasteiger partial charge in [0, 0.05) is 25.7 Å². The molecule has 106 valence electrons. The molecule has 0 atom stereocenters. The summed E-state index contributed by atoms with van der Waals surface area (Å²) in [4.78, 5) is 6.92. The molecule has 1 aliphatic heterocycles. The van der Waals surface area contributed by atoms with Crippen LogP contribution in [0.2, 0.25) is 10.0 Å². The quantitative estimate of drug-likeness (QED) is 0.846. The standard InChI is InChI=1S/C14H16Cl2N4/c1-19-14(20-8-3-2-4-9-20)17-13(18-19)10-6-5-7-11(15)12(10)16/h5-7H,2-4,8-9H2,1H3. The molecule has 20 heavy (non-hydrogen) atoms. The number of hydrogen-bond donors (Lipinski definition) is 0. The highest BCUT2D eigenvalue weighted by molar-refractivity contribution is 6.43. The van der Waals surface area contributed by atoms with Gasteiger partial charge in [0.05, 0.1) is 10.0 Å². The molecule has 1 fully saturated rings. The lowest BCUT2D eigenvalue weighted by Crippen LogP contribution is -2.31. The van der Waals surface area contributed by atoms with Crippen LogP contribution in [-0.4, -0.2) is 27.9 Å². The average Bonchev–Trinajstić information content (AvgIpc) is 2.85. The fourth-order valence-corrected chi connectivity index (χ4v) is 2.92. The molecule has 0 bridgehead atoms.